The number of Topliss-reactive ketones (excluding diaryl/α,β-unsaturated/α-hetero) is 1. The van der Waals surface area contributed by atoms with Crippen molar-refractivity contribution in [1.29, 1.82) is 0 Å². The van der Waals surface area contributed by atoms with Crippen molar-refractivity contribution in [1.82, 2.24) is 0 Å². The Balaban J connectivity index is 1.78. The van der Waals surface area contributed by atoms with Gasteiger partial charge in [0.25, 0.3) is 0 Å². The predicted octanol–water partition coefficient (Wildman–Crippen LogP) is 1.35. The van der Waals surface area contributed by atoms with Gasteiger partial charge in [0.15, 0.2) is 5.78 Å². The van der Waals surface area contributed by atoms with Crippen LogP contribution in [0, 0.1) is 17.8 Å². The Morgan fingerprint density at radius 1 is 1.38 bits per heavy atom. The second-order valence-corrected chi connectivity index (χ2v) is 3.77. The van der Waals surface area contributed by atoms with E-state index in [1.54, 1.807) is 12.3 Å². The molecule has 0 bridgehead atoms. The second-order valence-electron chi connectivity index (χ2n) is 3.77. The summed E-state index contributed by atoms with van der Waals surface area (Å²) in [6, 6.07) is 1.73. The maximum Gasteiger partial charge on any atom is 0.169 e. The highest BCUT2D eigenvalue weighted by Gasteiger charge is 2.57. The SMILES string of the molecule is O=C(c1ccoc1)C1C2COCC21. The molecular weight excluding hydrogens is 168 g/mol. The molecule has 1 aromatic rings. The van der Waals surface area contributed by atoms with Gasteiger partial charge in [-0.15, -0.1) is 0 Å². The van der Waals surface area contributed by atoms with Crippen molar-refractivity contribution < 1.29 is 13.9 Å². The van der Waals surface area contributed by atoms with Crippen LogP contribution in [0.2, 0.25) is 0 Å². The highest BCUT2D eigenvalue weighted by molar-refractivity contribution is 5.99. The minimum Gasteiger partial charge on any atom is -0.472 e. The third-order valence-electron chi connectivity index (χ3n) is 3.06. The summed E-state index contributed by atoms with van der Waals surface area (Å²) >= 11 is 0. The lowest BCUT2D eigenvalue weighted by atomic mass is 10.1. The fourth-order valence-electron chi connectivity index (χ4n) is 2.23. The van der Waals surface area contributed by atoms with Crippen LogP contribution in [0.4, 0.5) is 0 Å². The molecule has 1 aliphatic carbocycles. The largest absolute Gasteiger partial charge is 0.472 e. The van der Waals surface area contributed by atoms with Gasteiger partial charge in [-0.1, -0.05) is 0 Å². The molecule has 1 aromatic heterocycles. The zero-order chi connectivity index (χ0) is 8.84. The summed E-state index contributed by atoms with van der Waals surface area (Å²) in [4.78, 5) is 11.8. The molecule has 0 aromatic carbocycles. The molecule has 0 radical (unpaired) electrons. The summed E-state index contributed by atoms with van der Waals surface area (Å²) in [5, 5.41) is 0. The van der Waals surface area contributed by atoms with E-state index in [9.17, 15) is 4.79 Å². The first-order valence-corrected chi connectivity index (χ1v) is 4.52. The van der Waals surface area contributed by atoms with Gasteiger partial charge in [0.05, 0.1) is 25.0 Å². The Bertz CT molecular complexity index is 318. The molecule has 2 atom stereocenters. The van der Waals surface area contributed by atoms with E-state index < -0.39 is 0 Å². The average molecular weight is 178 g/mol. The lowest BCUT2D eigenvalue weighted by Gasteiger charge is -2.00. The van der Waals surface area contributed by atoms with Gasteiger partial charge in [0.2, 0.25) is 0 Å². The Hall–Kier alpha value is -1.09. The number of hydrogen-bond donors (Lipinski definition) is 0. The van der Waals surface area contributed by atoms with Crippen LogP contribution in [-0.4, -0.2) is 19.0 Å². The number of hydrogen-bond acceptors (Lipinski definition) is 3. The molecule has 3 rings (SSSR count). The van der Waals surface area contributed by atoms with Gasteiger partial charge in [-0.3, -0.25) is 4.79 Å². The molecule has 0 spiro atoms. The molecule has 1 saturated carbocycles. The lowest BCUT2D eigenvalue weighted by Crippen LogP contribution is -2.08. The Labute approximate surface area is 75.7 Å². The summed E-state index contributed by atoms with van der Waals surface area (Å²) in [5.74, 6) is 1.42. The smallest absolute Gasteiger partial charge is 0.169 e. The van der Waals surface area contributed by atoms with Crippen LogP contribution in [0.3, 0.4) is 0 Å². The minimum atomic E-state index is 0.214. The summed E-state index contributed by atoms with van der Waals surface area (Å²) in [6.45, 7) is 1.53. The van der Waals surface area contributed by atoms with E-state index in [2.05, 4.69) is 0 Å². The summed E-state index contributed by atoms with van der Waals surface area (Å²) in [5.41, 5.74) is 0.708. The van der Waals surface area contributed by atoms with Crippen LogP contribution in [0.25, 0.3) is 0 Å². The number of carbonyl (C=O) groups excluding carboxylic acids is 1. The van der Waals surface area contributed by atoms with E-state index >= 15 is 0 Å². The lowest BCUT2D eigenvalue weighted by molar-refractivity contribution is 0.0893. The van der Waals surface area contributed by atoms with E-state index in [4.69, 9.17) is 9.15 Å². The first-order valence-electron chi connectivity index (χ1n) is 4.52. The molecule has 68 valence electrons. The zero-order valence-electron chi connectivity index (χ0n) is 7.10. The highest BCUT2D eigenvalue weighted by Crippen LogP contribution is 2.52. The van der Waals surface area contributed by atoms with Gasteiger partial charge in [0, 0.05) is 5.92 Å². The maximum atomic E-state index is 11.8. The molecule has 13 heavy (non-hydrogen) atoms. The minimum absolute atomic E-state index is 0.214. The van der Waals surface area contributed by atoms with Gasteiger partial charge in [0.1, 0.15) is 6.26 Å². The second kappa shape index (κ2) is 2.45. The van der Waals surface area contributed by atoms with Crippen molar-refractivity contribution in [2.75, 3.05) is 13.2 Å². The van der Waals surface area contributed by atoms with E-state index in [0.29, 0.717) is 17.4 Å². The maximum absolute atomic E-state index is 11.8. The number of fused-ring (bicyclic) bond motifs is 1. The van der Waals surface area contributed by atoms with Crippen molar-refractivity contribution in [3.05, 3.63) is 24.2 Å². The highest BCUT2D eigenvalue weighted by atomic mass is 16.5. The Morgan fingerprint density at radius 3 is 2.77 bits per heavy atom. The molecule has 2 unspecified atom stereocenters. The predicted molar refractivity (Wildman–Crippen MR) is 44.3 cm³/mol. The van der Waals surface area contributed by atoms with Crippen LogP contribution < -0.4 is 0 Å². The number of carbonyl (C=O) groups is 1. The van der Waals surface area contributed by atoms with Crippen molar-refractivity contribution in [3.8, 4) is 0 Å². The standard InChI is InChI=1S/C10H10O3/c11-10(6-1-2-12-3-6)9-7-4-13-5-8(7)9/h1-3,7-9H,4-5H2. The van der Waals surface area contributed by atoms with Gasteiger partial charge in [-0.05, 0) is 17.9 Å². The average Bonchev–Trinajstić information content (AvgIpc) is 2.68. The molecule has 3 heteroatoms. The fraction of sp³-hybridized carbons (Fsp3) is 0.500. The number of rotatable bonds is 2. The first kappa shape index (κ1) is 7.33. The monoisotopic (exact) mass is 178 g/mol. The molecule has 1 saturated heterocycles. The Kier molecular flexibility index (Phi) is 1.38. The third kappa shape index (κ3) is 0.968. The summed E-state index contributed by atoms with van der Waals surface area (Å²) < 4.78 is 10.1. The van der Waals surface area contributed by atoms with E-state index in [1.165, 1.54) is 6.26 Å². The summed E-state index contributed by atoms with van der Waals surface area (Å²) in [6.07, 6.45) is 3.07. The van der Waals surface area contributed by atoms with Gasteiger partial charge < -0.3 is 9.15 Å². The number of ketones is 1. The van der Waals surface area contributed by atoms with Crippen molar-refractivity contribution in [2.45, 2.75) is 0 Å². The topological polar surface area (TPSA) is 39.4 Å². The van der Waals surface area contributed by atoms with Crippen LogP contribution >= 0.6 is 0 Å². The van der Waals surface area contributed by atoms with Crippen LogP contribution in [0.15, 0.2) is 23.0 Å². The molecule has 2 heterocycles. The van der Waals surface area contributed by atoms with Gasteiger partial charge in [-0.2, -0.15) is 0 Å². The summed E-state index contributed by atoms with van der Waals surface area (Å²) in [7, 11) is 0. The van der Waals surface area contributed by atoms with E-state index in [0.717, 1.165) is 13.2 Å². The molecule has 1 aliphatic heterocycles. The third-order valence-corrected chi connectivity index (χ3v) is 3.06. The van der Waals surface area contributed by atoms with Crippen LogP contribution in [0.5, 0.6) is 0 Å². The molecular formula is C10H10O3. The normalized spacial score (nSPS) is 35.8. The van der Waals surface area contributed by atoms with Crippen LogP contribution in [-0.2, 0) is 4.74 Å². The molecule has 2 aliphatic rings. The van der Waals surface area contributed by atoms with Crippen LogP contribution in [0.1, 0.15) is 10.4 Å². The van der Waals surface area contributed by atoms with Crippen molar-refractivity contribution in [3.63, 3.8) is 0 Å². The van der Waals surface area contributed by atoms with Gasteiger partial charge >= 0.3 is 0 Å². The van der Waals surface area contributed by atoms with Crippen molar-refractivity contribution in [2.24, 2.45) is 17.8 Å². The number of furan rings is 1. The van der Waals surface area contributed by atoms with E-state index in [1.807, 2.05) is 0 Å². The molecule has 2 fully saturated rings. The molecule has 0 N–H and O–H groups in total. The quantitative estimate of drug-likeness (QED) is 0.642. The van der Waals surface area contributed by atoms with Gasteiger partial charge in [-0.25, -0.2) is 0 Å². The first-order chi connectivity index (χ1) is 6.38. The fourth-order valence-corrected chi connectivity index (χ4v) is 2.23. The Morgan fingerprint density at radius 2 is 2.15 bits per heavy atom. The van der Waals surface area contributed by atoms with Crippen molar-refractivity contribution >= 4 is 5.78 Å². The van der Waals surface area contributed by atoms with E-state index in [-0.39, 0.29) is 11.7 Å². The molecule has 3 nitrogen and oxygen atoms in total. The zero-order valence-corrected chi connectivity index (χ0v) is 7.10. The molecule has 0 amide bonds. The number of ether oxygens (including phenoxy) is 1.